The van der Waals surface area contributed by atoms with Crippen LogP contribution in [0.5, 0.6) is 5.75 Å². The molecule has 0 spiro atoms. The van der Waals surface area contributed by atoms with E-state index < -0.39 is 0 Å². The molecular weight excluding hydrogens is 396 g/mol. The Labute approximate surface area is 179 Å². The van der Waals surface area contributed by atoms with Crippen molar-refractivity contribution in [3.63, 3.8) is 0 Å². The van der Waals surface area contributed by atoms with E-state index in [0.29, 0.717) is 23.6 Å². The monoisotopic (exact) mass is 418 g/mol. The van der Waals surface area contributed by atoms with Crippen molar-refractivity contribution in [2.45, 2.75) is 20.8 Å². The minimum Gasteiger partial charge on any atom is -0.494 e. The third-order valence-corrected chi connectivity index (χ3v) is 5.64. The fourth-order valence-electron chi connectivity index (χ4n) is 3.55. The lowest BCUT2D eigenvalue weighted by atomic mass is 10.1. The van der Waals surface area contributed by atoms with Crippen LogP contribution in [-0.4, -0.2) is 18.4 Å². The zero-order chi connectivity index (χ0) is 21.3. The predicted octanol–water partition coefficient (Wildman–Crippen LogP) is 5.16. The largest absolute Gasteiger partial charge is 0.494 e. The van der Waals surface area contributed by atoms with Gasteiger partial charge >= 0.3 is 0 Å². The van der Waals surface area contributed by atoms with Crippen LogP contribution in [0.25, 0.3) is 5.57 Å². The lowest BCUT2D eigenvalue weighted by Gasteiger charge is -2.17. The fraction of sp³-hybridized carbons (Fsp3) is 0.167. The van der Waals surface area contributed by atoms with Crippen LogP contribution < -0.4 is 15.0 Å². The molecule has 1 aliphatic rings. The van der Waals surface area contributed by atoms with Gasteiger partial charge in [-0.05, 0) is 79.7 Å². The molecule has 0 saturated carbocycles. The van der Waals surface area contributed by atoms with Gasteiger partial charge in [0.25, 0.3) is 11.8 Å². The van der Waals surface area contributed by atoms with Crippen molar-refractivity contribution in [1.82, 2.24) is 0 Å². The highest BCUT2D eigenvalue weighted by atomic mass is 32.1. The van der Waals surface area contributed by atoms with Crippen LogP contribution >= 0.6 is 11.3 Å². The van der Waals surface area contributed by atoms with Gasteiger partial charge in [-0.1, -0.05) is 12.1 Å². The molecule has 0 atom stereocenters. The quantitative estimate of drug-likeness (QED) is 0.562. The molecular formula is C24H22N2O3S. The number of benzene rings is 2. The fourth-order valence-corrected chi connectivity index (χ4v) is 4.32. The molecule has 6 heteroatoms. The van der Waals surface area contributed by atoms with Gasteiger partial charge in [0.15, 0.2) is 0 Å². The highest BCUT2D eigenvalue weighted by Crippen LogP contribution is 2.36. The Morgan fingerprint density at radius 3 is 2.27 bits per heavy atom. The van der Waals surface area contributed by atoms with Crippen molar-refractivity contribution < 1.29 is 14.3 Å². The summed E-state index contributed by atoms with van der Waals surface area (Å²) < 4.78 is 5.48. The van der Waals surface area contributed by atoms with Crippen LogP contribution in [0.3, 0.4) is 0 Å². The van der Waals surface area contributed by atoms with E-state index in [-0.39, 0.29) is 17.5 Å². The van der Waals surface area contributed by atoms with Gasteiger partial charge < -0.3 is 10.1 Å². The Hall–Kier alpha value is -3.38. The molecule has 0 fully saturated rings. The summed E-state index contributed by atoms with van der Waals surface area (Å²) in [6.45, 7) is 6.41. The highest BCUT2D eigenvalue weighted by molar-refractivity contribution is 7.11. The Bertz CT molecular complexity index is 1110. The van der Waals surface area contributed by atoms with Crippen LogP contribution in [0.2, 0.25) is 0 Å². The van der Waals surface area contributed by atoms with Gasteiger partial charge in [0.05, 0.1) is 17.9 Å². The third-order valence-electron chi connectivity index (χ3n) is 4.75. The summed E-state index contributed by atoms with van der Waals surface area (Å²) in [5.41, 5.74) is 3.96. The lowest BCUT2D eigenvalue weighted by molar-refractivity contribution is -0.120. The zero-order valence-electron chi connectivity index (χ0n) is 17.1. The number of carbonyl (C=O) groups is 2. The van der Waals surface area contributed by atoms with E-state index in [1.54, 1.807) is 0 Å². The minimum absolute atomic E-state index is 0.283. The smallest absolute Gasteiger partial charge is 0.282 e. The van der Waals surface area contributed by atoms with Crippen LogP contribution in [0.4, 0.5) is 11.4 Å². The van der Waals surface area contributed by atoms with Crippen LogP contribution in [-0.2, 0) is 9.59 Å². The number of imide groups is 1. The number of amides is 2. The molecule has 1 N–H and O–H groups in total. The SMILES string of the molecule is CCOc1ccc(NC2=C(c3cccs3)C(=O)N(c3cc(C)cc(C)c3)C2=O)cc1. The standard InChI is InChI=1S/C24H22N2O3S/c1-4-29-19-9-7-17(8-10-19)25-22-21(20-6-5-11-30-20)23(27)26(24(22)28)18-13-15(2)12-16(3)14-18/h5-14,25H,4H2,1-3H3. The number of anilines is 2. The summed E-state index contributed by atoms with van der Waals surface area (Å²) >= 11 is 1.44. The summed E-state index contributed by atoms with van der Waals surface area (Å²) in [6, 6.07) is 16.8. The first kappa shape index (κ1) is 19.9. The first-order chi connectivity index (χ1) is 14.5. The molecule has 4 rings (SSSR count). The van der Waals surface area contributed by atoms with Crippen molar-refractivity contribution in [2.75, 3.05) is 16.8 Å². The molecule has 152 valence electrons. The Kier molecular flexibility index (Phi) is 5.42. The molecule has 30 heavy (non-hydrogen) atoms. The van der Waals surface area contributed by atoms with E-state index in [1.165, 1.54) is 16.2 Å². The third kappa shape index (κ3) is 3.74. The Balaban J connectivity index is 1.74. The summed E-state index contributed by atoms with van der Waals surface area (Å²) in [4.78, 5) is 28.8. The number of ether oxygens (including phenoxy) is 1. The molecule has 0 unspecified atom stereocenters. The van der Waals surface area contributed by atoms with E-state index in [4.69, 9.17) is 4.74 Å². The second kappa shape index (κ2) is 8.16. The van der Waals surface area contributed by atoms with E-state index in [9.17, 15) is 9.59 Å². The average Bonchev–Trinajstić information content (AvgIpc) is 3.30. The highest BCUT2D eigenvalue weighted by Gasteiger charge is 2.40. The molecule has 3 aromatic rings. The number of hydrogen-bond acceptors (Lipinski definition) is 5. The van der Waals surface area contributed by atoms with Crippen molar-refractivity contribution in [2.24, 2.45) is 0 Å². The molecule has 1 aromatic heterocycles. The summed E-state index contributed by atoms with van der Waals surface area (Å²) in [5, 5.41) is 5.07. The summed E-state index contributed by atoms with van der Waals surface area (Å²) in [6.07, 6.45) is 0. The number of nitrogens with one attached hydrogen (secondary N) is 1. The van der Waals surface area contributed by atoms with Crippen molar-refractivity contribution >= 4 is 40.1 Å². The molecule has 2 heterocycles. The maximum Gasteiger partial charge on any atom is 0.282 e. The van der Waals surface area contributed by atoms with Crippen LogP contribution in [0, 0.1) is 13.8 Å². The van der Waals surface area contributed by atoms with E-state index >= 15 is 0 Å². The zero-order valence-corrected chi connectivity index (χ0v) is 17.9. The normalized spacial score (nSPS) is 13.9. The second-order valence-corrected chi connectivity index (χ2v) is 8.05. The Morgan fingerprint density at radius 1 is 0.967 bits per heavy atom. The van der Waals surface area contributed by atoms with Gasteiger partial charge in [-0.3, -0.25) is 9.59 Å². The number of thiophene rings is 1. The number of aryl methyl sites for hydroxylation is 2. The van der Waals surface area contributed by atoms with Gasteiger partial charge in [0, 0.05) is 10.6 Å². The molecule has 0 bridgehead atoms. The molecule has 0 saturated heterocycles. The van der Waals surface area contributed by atoms with Crippen LogP contribution in [0.15, 0.2) is 65.7 Å². The van der Waals surface area contributed by atoms with Gasteiger partial charge in [0.1, 0.15) is 11.4 Å². The topological polar surface area (TPSA) is 58.6 Å². The number of hydrogen-bond donors (Lipinski definition) is 1. The van der Waals surface area contributed by atoms with Gasteiger partial charge in [-0.25, -0.2) is 4.90 Å². The molecule has 0 radical (unpaired) electrons. The number of carbonyl (C=O) groups excluding carboxylic acids is 2. The summed E-state index contributed by atoms with van der Waals surface area (Å²) in [5.74, 6) is 0.0735. The van der Waals surface area contributed by atoms with E-state index in [0.717, 1.165) is 21.8 Å². The average molecular weight is 419 g/mol. The Morgan fingerprint density at radius 2 is 1.67 bits per heavy atom. The van der Waals surface area contributed by atoms with Gasteiger partial charge in [-0.15, -0.1) is 11.3 Å². The second-order valence-electron chi connectivity index (χ2n) is 7.10. The lowest BCUT2D eigenvalue weighted by Crippen LogP contribution is -2.32. The first-order valence-electron chi connectivity index (χ1n) is 9.73. The number of nitrogens with zero attached hydrogens (tertiary/aromatic N) is 1. The maximum absolute atomic E-state index is 13.4. The van der Waals surface area contributed by atoms with Crippen molar-refractivity contribution in [1.29, 1.82) is 0 Å². The minimum atomic E-state index is -0.359. The van der Waals surface area contributed by atoms with E-state index in [1.807, 2.05) is 80.7 Å². The summed E-state index contributed by atoms with van der Waals surface area (Å²) in [7, 11) is 0. The first-order valence-corrected chi connectivity index (χ1v) is 10.6. The van der Waals surface area contributed by atoms with Gasteiger partial charge in [-0.2, -0.15) is 0 Å². The van der Waals surface area contributed by atoms with Gasteiger partial charge in [0.2, 0.25) is 0 Å². The molecule has 2 amide bonds. The molecule has 2 aromatic carbocycles. The molecule has 5 nitrogen and oxygen atoms in total. The number of rotatable bonds is 6. The van der Waals surface area contributed by atoms with Crippen molar-refractivity contribution in [3.05, 3.63) is 81.7 Å². The van der Waals surface area contributed by atoms with E-state index in [2.05, 4.69) is 5.32 Å². The van der Waals surface area contributed by atoms with Crippen molar-refractivity contribution in [3.8, 4) is 5.75 Å². The van der Waals surface area contributed by atoms with Crippen LogP contribution in [0.1, 0.15) is 22.9 Å². The maximum atomic E-state index is 13.4. The molecule has 1 aliphatic heterocycles. The molecule has 0 aliphatic carbocycles. The predicted molar refractivity (Wildman–Crippen MR) is 121 cm³/mol.